The summed E-state index contributed by atoms with van der Waals surface area (Å²) in [6.45, 7) is 2.17. The molecule has 2 heterocycles. The van der Waals surface area contributed by atoms with E-state index >= 15 is 0 Å². The molecule has 0 spiro atoms. The van der Waals surface area contributed by atoms with Crippen molar-refractivity contribution in [1.82, 2.24) is 10.6 Å². The van der Waals surface area contributed by atoms with Crippen molar-refractivity contribution >= 4 is 17.5 Å². The van der Waals surface area contributed by atoms with Crippen LogP contribution in [0.15, 0.2) is 18.2 Å². The van der Waals surface area contributed by atoms with Crippen LogP contribution in [0.25, 0.3) is 0 Å². The number of benzene rings is 1. The summed E-state index contributed by atoms with van der Waals surface area (Å²) in [5, 5.41) is 6.35. The first-order valence-electron chi connectivity index (χ1n) is 8.65. The smallest absolute Gasteiger partial charge is 0.227 e. The fourth-order valence-electron chi connectivity index (χ4n) is 3.38. The topological polar surface area (TPSA) is 79.9 Å². The van der Waals surface area contributed by atoms with E-state index in [9.17, 15) is 9.59 Å². The van der Waals surface area contributed by atoms with Crippen LogP contribution in [0.3, 0.4) is 0 Å². The quantitative estimate of drug-likeness (QED) is 0.828. The molecule has 0 radical (unpaired) electrons. The minimum absolute atomic E-state index is 0.0422. The van der Waals surface area contributed by atoms with Crippen LogP contribution in [-0.4, -0.2) is 51.7 Å². The highest BCUT2D eigenvalue weighted by atomic mass is 16.5. The number of carbonyl (C=O) groups excluding carboxylic acids is 2. The molecular formula is C18H25N3O4. The minimum Gasteiger partial charge on any atom is -0.497 e. The zero-order valence-corrected chi connectivity index (χ0v) is 14.7. The number of amides is 2. The van der Waals surface area contributed by atoms with E-state index in [0.29, 0.717) is 23.7 Å². The maximum atomic E-state index is 12.5. The Morgan fingerprint density at radius 3 is 2.56 bits per heavy atom. The molecule has 1 aromatic rings. The Kier molecular flexibility index (Phi) is 5.43. The van der Waals surface area contributed by atoms with E-state index < -0.39 is 0 Å². The van der Waals surface area contributed by atoms with Gasteiger partial charge in [0, 0.05) is 43.8 Å². The second kappa shape index (κ2) is 7.74. The lowest BCUT2D eigenvalue weighted by molar-refractivity contribution is -0.127. The first-order chi connectivity index (χ1) is 12.1. The van der Waals surface area contributed by atoms with E-state index in [0.717, 1.165) is 25.9 Å². The van der Waals surface area contributed by atoms with Crippen LogP contribution >= 0.6 is 0 Å². The van der Waals surface area contributed by atoms with Gasteiger partial charge in [-0.25, -0.2) is 0 Å². The summed E-state index contributed by atoms with van der Waals surface area (Å²) in [7, 11) is 3.14. The number of hydrogen-bond donors (Lipinski definition) is 2. The molecule has 0 bridgehead atoms. The fourth-order valence-corrected chi connectivity index (χ4v) is 3.38. The van der Waals surface area contributed by atoms with Gasteiger partial charge < -0.3 is 25.0 Å². The standard InChI is InChI=1S/C18H25N3O4/c1-24-15-7-14(8-16(9-15)25-2)21-11-12(6-17(21)22)18(23)20-13-4-3-5-19-10-13/h7-9,12-13,19H,3-6,10-11H2,1-2H3,(H,20,23)/t12?,13-/m0/s1. The van der Waals surface area contributed by atoms with E-state index in [1.807, 2.05) is 0 Å². The number of methoxy groups -OCH3 is 2. The normalized spacial score (nSPS) is 23.4. The van der Waals surface area contributed by atoms with Gasteiger partial charge in [-0.2, -0.15) is 0 Å². The molecule has 0 aromatic heterocycles. The van der Waals surface area contributed by atoms with Gasteiger partial charge >= 0.3 is 0 Å². The molecule has 136 valence electrons. The summed E-state index contributed by atoms with van der Waals surface area (Å²) < 4.78 is 10.5. The zero-order chi connectivity index (χ0) is 17.8. The van der Waals surface area contributed by atoms with E-state index in [4.69, 9.17) is 9.47 Å². The molecule has 2 aliphatic heterocycles. The third-order valence-corrected chi connectivity index (χ3v) is 4.79. The number of anilines is 1. The predicted octanol–water partition coefficient (Wildman–Crippen LogP) is 0.925. The maximum absolute atomic E-state index is 12.5. The van der Waals surface area contributed by atoms with E-state index in [1.165, 1.54) is 0 Å². The Labute approximate surface area is 147 Å². The van der Waals surface area contributed by atoms with Crippen LogP contribution in [0.2, 0.25) is 0 Å². The van der Waals surface area contributed by atoms with Gasteiger partial charge in [0.25, 0.3) is 0 Å². The number of rotatable bonds is 5. The third kappa shape index (κ3) is 4.04. The second-order valence-corrected chi connectivity index (χ2v) is 6.53. The Hall–Kier alpha value is -2.28. The van der Waals surface area contributed by atoms with Crippen molar-refractivity contribution in [2.45, 2.75) is 25.3 Å². The summed E-state index contributed by atoms with van der Waals surface area (Å²) in [6, 6.07) is 5.48. The Bertz CT molecular complexity index is 621. The molecule has 2 fully saturated rings. The minimum atomic E-state index is -0.327. The SMILES string of the molecule is COc1cc(OC)cc(N2CC(C(=O)N[C@H]3CCCNC3)CC2=O)c1. The fraction of sp³-hybridized carbons (Fsp3) is 0.556. The third-order valence-electron chi connectivity index (χ3n) is 4.79. The Balaban J connectivity index is 1.68. The van der Waals surface area contributed by atoms with Crippen molar-refractivity contribution < 1.29 is 19.1 Å². The van der Waals surface area contributed by atoms with Crippen LogP contribution in [0, 0.1) is 5.92 Å². The molecule has 7 heteroatoms. The molecule has 2 saturated heterocycles. The van der Waals surface area contributed by atoms with Gasteiger partial charge in [0.15, 0.2) is 0 Å². The lowest BCUT2D eigenvalue weighted by atomic mass is 10.0. The molecule has 7 nitrogen and oxygen atoms in total. The van der Waals surface area contributed by atoms with Gasteiger partial charge in [0.2, 0.25) is 11.8 Å². The molecule has 2 aliphatic rings. The highest BCUT2D eigenvalue weighted by Gasteiger charge is 2.36. The van der Waals surface area contributed by atoms with Crippen molar-refractivity contribution in [2.75, 3.05) is 38.8 Å². The highest BCUT2D eigenvalue weighted by molar-refractivity contribution is 6.00. The Morgan fingerprint density at radius 1 is 1.24 bits per heavy atom. The molecule has 2 atom stereocenters. The summed E-state index contributed by atoms with van der Waals surface area (Å²) in [5.41, 5.74) is 0.691. The molecule has 2 amide bonds. The molecule has 0 saturated carbocycles. The maximum Gasteiger partial charge on any atom is 0.227 e. The Morgan fingerprint density at radius 2 is 1.96 bits per heavy atom. The van der Waals surface area contributed by atoms with Crippen LogP contribution in [-0.2, 0) is 9.59 Å². The van der Waals surface area contributed by atoms with Crippen molar-refractivity contribution in [3.63, 3.8) is 0 Å². The summed E-state index contributed by atoms with van der Waals surface area (Å²) >= 11 is 0. The van der Waals surface area contributed by atoms with Gasteiger partial charge in [0.1, 0.15) is 11.5 Å². The summed E-state index contributed by atoms with van der Waals surface area (Å²) in [5.74, 6) is 0.801. The van der Waals surface area contributed by atoms with E-state index in [1.54, 1.807) is 37.3 Å². The number of nitrogens with zero attached hydrogens (tertiary/aromatic N) is 1. The predicted molar refractivity (Wildman–Crippen MR) is 94.0 cm³/mol. The first-order valence-corrected chi connectivity index (χ1v) is 8.65. The van der Waals surface area contributed by atoms with Crippen molar-refractivity contribution in [3.05, 3.63) is 18.2 Å². The van der Waals surface area contributed by atoms with Gasteiger partial charge in [-0.1, -0.05) is 0 Å². The van der Waals surface area contributed by atoms with Gasteiger partial charge in [-0.3, -0.25) is 9.59 Å². The summed E-state index contributed by atoms with van der Waals surface area (Å²) in [6.07, 6.45) is 2.27. The molecular weight excluding hydrogens is 322 g/mol. The molecule has 3 rings (SSSR count). The van der Waals surface area contributed by atoms with Crippen molar-refractivity contribution in [1.29, 1.82) is 0 Å². The lowest BCUT2D eigenvalue weighted by Crippen LogP contribution is -2.47. The molecule has 0 aliphatic carbocycles. The highest BCUT2D eigenvalue weighted by Crippen LogP contribution is 2.32. The summed E-state index contributed by atoms with van der Waals surface area (Å²) in [4.78, 5) is 26.6. The van der Waals surface area contributed by atoms with E-state index in [-0.39, 0.29) is 30.2 Å². The van der Waals surface area contributed by atoms with Crippen LogP contribution in [0.5, 0.6) is 11.5 Å². The average molecular weight is 347 g/mol. The second-order valence-electron chi connectivity index (χ2n) is 6.53. The number of nitrogens with one attached hydrogen (secondary N) is 2. The monoisotopic (exact) mass is 347 g/mol. The largest absolute Gasteiger partial charge is 0.497 e. The molecule has 2 N–H and O–H groups in total. The van der Waals surface area contributed by atoms with Crippen LogP contribution < -0.4 is 25.0 Å². The first kappa shape index (κ1) is 17.5. The van der Waals surface area contributed by atoms with Crippen LogP contribution in [0.4, 0.5) is 5.69 Å². The average Bonchev–Trinajstić information content (AvgIpc) is 3.04. The molecule has 25 heavy (non-hydrogen) atoms. The van der Waals surface area contributed by atoms with E-state index in [2.05, 4.69) is 10.6 Å². The lowest BCUT2D eigenvalue weighted by Gasteiger charge is -2.25. The van der Waals surface area contributed by atoms with Crippen molar-refractivity contribution in [3.8, 4) is 11.5 Å². The number of carbonyl (C=O) groups is 2. The number of ether oxygens (including phenoxy) is 2. The van der Waals surface area contributed by atoms with Crippen LogP contribution in [0.1, 0.15) is 19.3 Å². The van der Waals surface area contributed by atoms with Gasteiger partial charge in [-0.15, -0.1) is 0 Å². The number of hydrogen-bond acceptors (Lipinski definition) is 5. The molecule has 1 unspecified atom stereocenters. The molecule has 1 aromatic carbocycles. The van der Waals surface area contributed by atoms with Crippen molar-refractivity contribution in [2.24, 2.45) is 5.92 Å². The van der Waals surface area contributed by atoms with Gasteiger partial charge in [-0.05, 0) is 19.4 Å². The zero-order valence-electron chi connectivity index (χ0n) is 14.7. The number of piperidine rings is 1. The van der Waals surface area contributed by atoms with Gasteiger partial charge in [0.05, 0.1) is 25.8 Å².